The van der Waals surface area contributed by atoms with Gasteiger partial charge in [-0.2, -0.15) is 0 Å². The van der Waals surface area contributed by atoms with Gasteiger partial charge >= 0.3 is 0 Å². The maximum absolute atomic E-state index is 14.3. The second-order valence-electron chi connectivity index (χ2n) is 7.43. The number of rotatable bonds is 5. The highest BCUT2D eigenvalue weighted by Crippen LogP contribution is 2.56. The molecule has 0 bridgehead atoms. The van der Waals surface area contributed by atoms with Gasteiger partial charge < -0.3 is 9.88 Å². The van der Waals surface area contributed by atoms with Crippen LogP contribution in [0, 0.1) is 11.2 Å². The number of aryl methyl sites for hydroxylation is 1. The SMILES string of the molecule is Cn1ccnc1CN(Cc1ccc(Cl)cc1F)C1CC12CCNCC2. The fourth-order valence-corrected chi connectivity index (χ4v) is 4.34. The van der Waals surface area contributed by atoms with Gasteiger partial charge in [0.15, 0.2) is 0 Å². The van der Waals surface area contributed by atoms with Crippen LogP contribution in [0.15, 0.2) is 30.6 Å². The summed E-state index contributed by atoms with van der Waals surface area (Å²) in [4.78, 5) is 6.87. The summed E-state index contributed by atoms with van der Waals surface area (Å²) in [5, 5.41) is 3.89. The molecule has 0 amide bonds. The largest absolute Gasteiger partial charge is 0.337 e. The molecule has 1 N–H and O–H groups in total. The Labute approximate surface area is 153 Å². The molecule has 1 saturated heterocycles. The van der Waals surface area contributed by atoms with Gasteiger partial charge in [0.25, 0.3) is 0 Å². The topological polar surface area (TPSA) is 33.1 Å². The number of hydrogen-bond donors (Lipinski definition) is 1. The molecule has 2 heterocycles. The van der Waals surface area contributed by atoms with Gasteiger partial charge in [-0.1, -0.05) is 17.7 Å². The summed E-state index contributed by atoms with van der Waals surface area (Å²) < 4.78 is 16.4. The van der Waals surface area contributed by atoms with Crippen LogP contribution in [-0.2, 0) is 20.1 Å². The lowest BCUT2D eigenvalue weighted by Crippen LogP contribution is -2.36. The highest BCUT2D eigenvalue weighted by molar-refractivity contribution is 6.30. The third-order valence-electron chi connectivity index (χ3n) is 5.84. The van der Waals surface area contributed by atoms with Crippen LogP contribution < -0.4 is 5.32 Å². The molecule has 4 nitrogen and oxygen atoms in total. The predicted molar refractivity (Wildman–Crippen MR) is 96.8 cm³/mol. The molecule has 1 unspecified atom stereocenters. The van der Waals surface area contributed by atoms with E-state index < -0.39 is 0 Å². The lowest BCUT2D eigenvalue weighted by molar-refractivity contribution is 0.181. The molecule has 1 saturated carbocycles. The van der Waals surface area contributed by atoms with E-state index in [2.05, 4.69) is 15.2 Å². The summed E-state index contributed by atoms with van der Waals surface area (Å²) >= 11 is 5.91. The van der Waals surface area contributed by atoms with E-state index in [1.165, 1.54) is 25.3 Å². The maximum Gasteiger partial charge on any atom is 0.129 e. The van der Waals surface area contributed by atoms with Crippen LogP contribution in [0.5, 0.6) is 0 Å². The number of hydrogen-bond acceptors (Lipinski definition) is 3. The van der Waals surface area contributed by atoms with Gasteiger partial charge in [-0.05, 0) is 49.9 Å². The fraction of sp³-hybridized carbons (Fsp3) is 0.526. The second kappa shape index (κ2) is 6.71. The van der Waals surface area contributed by atoms with Crippen molar-refractivity contribution in [2.45, 2.75) is 38.4 Å². The Morgan fingerprint density at radius 2 is 2.16 bits per heavy atom. The van der Waals surface area contributed by atoms with Crippen molar-refractivity contribution in [3.8, 4) is 0 Å². The van der Waals surface area contributed by atoms with Crippen molar-refractivity contribution in [1.82, 2.24) is 19.8 Å². The number of benzene rings is 1. The Morgan fingerprint density at radius 3 is 2.84 bits per heavy atom. The molecule has 2 aromatic rings. The summed E-state index contributed by atoms with van der Waals surface area (Å²) in [6.07, 6.45) is 7.40. The average Bonchev–Trinajstić information content (AvgIpc) is 3.12. The zero-order valence-corrected chi connectivity index (χ0v) is 15.3. The smallest absolute Gasteiger partial charge is 0.129 e. The number of aromatic nitrogens is 2. The molecule has 1 aliphatic heterocycles. The van der Waals surface area contributed by atoms with Gasteiger partial charge in [0, 0.05) is 42.6 Å². The van der Waals surface area contributed by atoms with Gasteiger partial charge in [0.2, 0.25) is 0 Å². The van der Waals surface area contributed by atoms with Gasteiger partial charge in [-0.25, -0.2) is 9.37 Å². The van der Waals surface area contributed by atoms with E-state index in [4.69, 9.17) is 11.6 Å². The first-order valence-electron chi connectivity index (χ1n) is 8.92. The number of piperidine rings is 1. The third-order valence-corrected chi connectivity index (χ3v) is 6.08. The van der Waals surface area contributed by atoms with Crippen molar-refractivity contribution in [1.29, 1.82) is 0 Å². The quantitative estimate of drug-likeness (QED) is 0.885. The molecule has 1 aliphatic carbocycles. The van der Waals surface area contributed by atoms with Crippen LogP contribution in [-0.4, -0.2) is 33.6 Å². The molecule has 2 fully saturated rings. The minimum Gasteiger partial charge on any atom is -0.337 e. The minimum absolute atomic E-state index is 0.225. The summed E-state index contributed by atoms with van der Waals surface area (Å²) in [6, 6.07) is 5.48. The van der Waals surface area contributed by atoms with Crippen LogP contribution in [0.2, 0.25) is 5.02 Å². The van der Waals surface area contributed by atoms with Gasteiger partial charge in [0.1, 0.15) is 11.6 Å². The van der Waals surface area contributed by atoms with E-state index in [0.29, 0.717) is 28.6 Å². The average molecular weight is 363 g/mol. The van der Waals surface area contributed by atoms with Crippen LogP contribution in [0.1, 0.15) is 30.7 Å². The van der Waals surface area contributed by atoms with Crippen molar-refractivity contribution in [2.75, 3.05) is 13.1 Å². The van der Waals surface area contributed by atoms with E-state index in [1.807, 2.05) is 24.0 Å². The van der Waals surface area contributed by atoms with Crippen LogP contribution in [0.4, 0.5) is 4.39 Å². The number of imidazole rings is 1. The van der Waals surface area contributed by atoms with Crippen molar-refractivity contribution < 1.29 is 4.39 Å². The van der Waals surface area contributed by atoms with E-state index in [0.717, 1.165) is 25.5 Å². The fourth-order valence-electron chi connectivity index (χ4n) is 4.18. The van der Waals surface area contributed by atoms with Crippen molar-refractivity contribution in [3.63, 3.8) is 0 Å². The molecule has 1 spiro atoms. The van der Waals surface area contributed by atoms with Crippen LogP contribution in [0.25, 0.3) is 0 Å². The first-order chi connectivity index (χ1) is 12.1. The lowest BCUT2D eigenvalue weighted by atomic mass is 9.93. The molecule has 4 rings (SSSR count). The Balaban J connectivity index is 1.56. The van der Waals surface area contributed by atoms with Crippen molar-refractivity contribution in [3.05, 3.63) is 52.8 Å². The zero-order chi connectivity index (χ0) is 17.4. The first-order valence-corrected chi connectivity index (χ1v) is 9.30. The Morgan fingerprint density at radius 1 is 1.36 bits per heavy atom. The first kappa shape index (κ1) is 17.0. The van der Waals surface area contributed by atoms with E-state index in [1.54, 1.807) is 12.1 Å². The molecule has 134 valence electrons. The molecule has 1 aromatic carbocycles. The van der Waals surface area contributed by atoms with Crippen LogP contribution >= 0.6 is 11.6 Å². The lowest BCUT2D eigenvalue weighted by Gasteiger charge is -2.29. The molecule has 0 radical (unpaired) electrons. The molecular formula is C19H24ClFN4. The van der Waals surface area contributed by atoms with Crippen molar-refractivity contribution in [2.24, 2.45) is 12.5 Å². The minimum atomic E-state index is -0.225. The Kier molecular flexibility index (Phi) is 4.56. The summed E-state index contributed by atoms with van der Waals surface area (Å²) in [5.41, 5.74) is 1.11. The molecule has 25 heavy (non-hydrogen) atoms. The molecular weight excluding hydrogens is 339 g/mol. The van der Waals surface area contributed by atoms with E-state index >= 15 is 0 Å². The number of nitrogens with zero attached hydrogens (tertiary/aromatic N) is 3. The third kappa shape index (κ3) is 3.46. The highest BCUT2D eigenvalue weighted by Gasteiger charge is 2.56. The van der Waals surface area contributed by atoms with Gasteiger partial charge in [-0.15, -0.1) is 0 Å². The second-order valence-corrected chi connectivity index (χ2v) is 7.86. The number of nitrogens with one attached hydrogen (secondary N) is 1. The normalized spacial score (nSPS) is 21.8. The number of halogens is 2. The predicted octanol–water partition coefficient (Wildman–Crippen LogP) is 3.36. The maximum atomic E-state index is 14.3. The van der Waals surface area contributed by atoms with E-state index in [9.17, 15) is 4.39 Å². The molecule has 2 aliphatic rings. The summed E-state index contributed by atoms with van der Waals surface area (Å²) in [5.74, 6) is 0.794. The standard InChI is InChI=1S/C19H24ClFN4/c1-24-9-8-23-18(24)13-25(12-14-2-3-15(20)10-16(14)21)17-11-19(17)4-6-22-7-5-19/h2-3,8-10,17,22H,4-7,11-13H2,1H3. The van der Waals surface area contributed by atoms with Crippen LogP contribution in [0.3, 0.4) is 0 Å². The van der Waals surface area contributed by atoms with Gasteiger partial charge in [-0.3, -0.25) is 4.90 Å². The molecule has 1 aromatic heterocycles. The summed E-state index contributed by atoms with van der Waals surface area (Å²) in [7, 11) is 2.01. The van der Waals surface area contributed by atoms with Gasteiger partial charge in [0.05, 0.1) is 6.54 Å². The Bertz CT molecular complexity index is 754. The van der Waals surface area contributed by atoms with E-state index in [-0.39, 0.29) is 5.82 Å². The Hall–Kier alpha value is -1.43. The molecule has 1 atom stereocenters. The van der Waals surface area contributed by atoms with Crippen molar-refractivity contribution >= 4 is 11.6 Å². The monoisotopic (exact) mass is 362 g/mol. The summed E-state index contributed by atoms with van der Waals surface area (Å²) in [6.45, 7) is 3.51. The molecule has 6 heteroatoms. The zero-order valence-electron chi connectivity index (χ0n) is 14.5. The highest BCUT2D eigenvalue weighted by atomic mass is 35.5.